The fourth-order valence-electron chi connectivity index (χ4n) is 1.08. The van der Waals surface area contributed by atoms with Gasteiger partial charge in [0, 0.05) is 34.5 Å². The van der Waals surface area contributed by atoms with Crippen LogP contribution in [-0.4, -0.2) is 33.8 Å². The van der Waals surface area contributed by atoms with Gasteiger partial charge in [0.15, 0.2) is 0 Å². The Kier molecular flexibility index (Phi) is 4.12. The fourth-order valence-corrected chi connectivity index (χ4v) is 1.20. The Morgan fingerprint density at radius 1 is 1.64 bits per heavy atom. The Morgan fingerprint density at radius 3 is 2.55 bits per heavy atom. The Labute approximate surface area is 88.3 Å². The van der Waals surface area contributed by atoms with Crippen LogP contribution in [0, 0.1) is 0 Å². The molecule has 1 nitrogen and oxygen atoms in total. The van der Waals surface area contributed by atoms with Gasteiger partial charge in [0.2, 0.25) is 0 Å². The molecule has 0 aliphatic heterocycles. The predicted molar refractivity (Wildman–Crippen MR) is 48.7 cm³/mol. The second-order valence-corrected chi connectivity index (χ2v) is 3.40. The van der Waals surface area contributed by atoms with E-state index in [1.807, 2.05) is 6.92 Å². The van der Waals surface area contributed by atoms with Gasteiger partial charge in [0.25, 0.3) is 0 Å². The molecule has 1 N–H and O–H groups in total. The van der Waals surface area contributed by atoms with E-state index in [0.29, 0.717) is 6.42 Å². The van der Waals surface area contributed by atoms with Crippen molar-refractivity contribution in [3.8, 4) is 0 Å². The van der Waals surface area contributed by atoms with Crippen molar-refractivity contribution in [3.05, 3.63) is 22.8 Å². The lowest BCUT2D eigenvalue weighted by Crippen LogP contribution is -2.23. The fraction of sp³-hybridized carbons (Fsp3) is 0.500. The maximum Gasteiger partial charge on any atom is 0.0840 e. The Morgan fingerprint density at radius 2 is 2.18 bits per heavy atom. The third kappa shape index (κ3) is 3.16. The molecular weight excluding hydrogens is 172 g/mol. The summed E-state index contributed by atoms with van der Waals surface area (Å²) in [6, 6.07) is 0. The van der Waals surface area contributed by atoms with Crippen molar-refractivity contribution in [1.82, 2.24) is 0 Å². The molecule has 0 spiro atoms. The van der Waals surface area contributed by atoms with Crippen LogP contribution in [0.15, 0.2) is 22.8 Å². The maximum atomic E-state index is 9.48. The molecule has 0 heterocycles. The number of halogens is 1. The van der Waals surface area contributed by atoms with Crippen LogP contribution in [0.4, 0.5) is 0 Å². The van der Waals surface area contributed by atoms with E-state index in [1.54, 1.807) is 19.1 Å². The summed E-state index contributed by atoms with van der Waals surface area (Å²) < 4.78 is 0. The second kappa shape index (κ2) is 3.94. The van der Waals surface area contributed by atoms with Crippen molar-refractivity contribution in [2.24, 2.45) is 0 Å². The molecule has 0 bridgehead atoms. The van der Waals surface area contributed by atoms with Crippen molar-refractivity contribution >= 4 is 34.7 Å². The van der Waals surface area contributed by atoms with E-state index in [0.717, 1.165) is 10.6 Å². The van der Waals surface area contributed by atoms with Gasteiger partial charge in [0.1, 0.15) is 0 Å². The minimum absolute atomic E-state index is 0. The number of hydrogen-bond donors (Lipinski definition) is 1. The van der Waals surface area contributed by atoms with Crippen LogP contribution < -0.4 is 0 Å². The summed E-state index contributed by atoms with van der Waals surface area (Å²) >= 11 is 5.78. The Bertz CT molecular complexity index is 206. The summed E-state index contributed by atoms with van der Waals surface area (Å²) in [5.41, 5.74) is 0.358. The average Bonchev–Trinajstić information content (AvgIpc) is 1.79. The zero-order chi connectivity index (χ0) is 7.78. The summed E-state index contributed by atoms with van der Waals surface area (Å²) in [4.78, 5) is 0. The number of hydrogen-bond acceptors (Lipinski definition) is 1. The minimum Gasteiger partial charge on any atom is -0.386 e. The number of rotatable bonds is 0. The lowest BCUT2D eigenvalue weighted by molar-refractivity contribution is 0.110. The van der Waals surface area contributed by atoms with E-state index in [4.69, 9.17) is 11.6 Å². The van der Waals surface area contributed by atoms with Crippen molar-refractivity contribution in [1.29, 1.82) is 0 Å². The zero-order valence-corrected chi connectivity index (χ0v) is 9.06. The first-order valence-electron chi connectivity index (χ1n) is 3.28. The van der Waals surface area contributed by atoms with Gasteiger partial charge >= 0.3 is 0 Å². The molecule has 1 rings (SSSR count). The van der Waals surface area contributed by atoms with Crippen LogP contribution in [0.5, 0.6) is 0 Å². The monoisotopic (exact) mass is 182 g/mol. The summed E-state index contributed by atoms with van der Waals surface area (Å²) in [6.07, 6.45) is 4.12. The van der Waals surface area contributed by atoms with Gasteiger partial charge in [-0.05, 0) is 19.9 Å². The molecule has 0 aromatic rings. The van der Waals surface area contributed by atoms with E-state index in [2.05, 4.69) is 0 Å². The summed E-state index contributed by atoms with van der Waals surface area (Å²) in [5, 5.41) is 10.2. The van der Waals surface area contributed by atoms with Gasteiger partial charge in [-0.2, -0.15) is 0 Å². The molecule has 1 aliphatic rings. The molecule has 0 saturated carbocycles. The molecule has 0 saturated heterocycles. The highest BCUT2D eigenvalue weighted by molar-refractivity contribution is 6.31. The first-order valence-corrected chi connectivity index (χ1v) is 3.66. The van der Waals surface area contributed by atoms with E-state index in [9.17, 15) is 5.11 Å². The summed E-state index contributed by atoms with van der Waals surface area (Å²) in [7, 11) is 0. The third-order valence-electron chi connectivity index (χ3n) is 1.62. The van der Waals surface area contributed by atoms with Crippen LogP contribution in [-0.2, 0) is 0 Å². The average molecular weight is 183 g/mol. The first kappa shape index (κ1) is 11.5. The van der Waals surface area contributed by atoms with Gasteiger partial charge in [-0.25, -0.2) is 0 Å². The van der Waals surface area contributed by atoms with Gasteiger partial charge in [-0.1, -0.05) is 23.3 Å². The lowest BCUT2D eigenvalue weighted by atomic mass is 9.93. The molecule has 58 valence electrons. The van der Waals surface area contributed by atoms with E-state index < -0.39 is 5.60 Å². The highest BCUT2D eigenvalue weighted by Crippen LogP contribution is 2.27. The van der Waals surface area contributed by atoms with Crippen molar-refractivity contribution < 1.29 is 5.11 Å². The number of allylic oxidation sites excluding steroid dienone is 2. The summed E-state index contributed by atoms with van der Waals surface area (Å²) in [5.74, 6) is 0. The highest BCUT2D eigenvalue weighted by atomic mass is 35.5. The second-order valence-electron chi connectivity index (χ2n) is 3.00. The molecule has 3 heteroatoms. The molecule has 0 aromatic carbocycles. The van der Waals surface area contributed by atoms with Crippen LogP contribution in [0.1, 0.15) is 20.3 Å². The van der Waals surface area contributed by atoms with Crippen LogP contribution in [0.2, 0.25) is 0 Å². The Hall–Kier alpha value is 0.496. The maximum absolute atomic E-state index is 9.48. The molecule has 1 unspecified atom stereocenters. The molecule has 1 atom stereocenters. The van der Waals surface area contributed by atoms with Crippen molar-refractivity contribution in [3.63, 3.8) is 0 Å². The minimum atomic E-state index is -0.692. The molecule has 11 heavy (non-hydrogen) atoms. The number of aliphatic hydroxyl groups is 1. The van der Waals surface area contributed by atoms with Gasteiger partial charge < -0.3 is 5.11 Å². The van der Waals surface area contributed by atoms with Gasteiger partial charge in [-0.3, -0.25) is 0 Å². The van der Waals surface area contributed by atoms with Crippen LogP contribution >= 0.6 is 11.6 Å². The Balaban J connectivity index is 0.000001000. The SMILES string of the molecule is CC1=C(Cl)C=CC(C)(O)C1.[Mg]. The predicted octanol–water partition coefficient (Wildman–Crippen LogP) is 1.83. The molecule has 0 fully saturated rings. The van der Waals surface area contributed by atoms with E-state index in [1.165, 1.54) is 0 Å². The van der Waals surface area contributed by atoms with Crippen molar-refractivity contribution in [2.45, 2.75) is 25.9 Å². The van der Waals surface area contributed by atoms with Crippen LogP contribution in [0.3, 0.4) is 0 Å². The molecule has 0 amide bonds. The quantitative estimate of drug-likeness (QED) is 0.568. The smallest absolute Gasteiger partial charge is 0.0840 e. The lowest BCUT2D eigenvalue weighted by Gasteiger charge is -2.23. The third-order valence-corrected chi connectivity index (χ3v) is 2.07. The van der Waals surface area contributed by atoms with E-state index in [-0.39, 0.29) is 23.1 Å². The standard InChI is InChI=1S/C8H11ClO.Mg/c1-6-5-8(2,10)4-3-7(6)9;/h3-4,10H,5H2,1-2H3;. The van der Waals surface area contributed by atoms with Crippen LogP contribution in [0.25, 0.3) is 0 Å². The molecule has 1 aliphatic carbocycles. The van der Waals surface area contributed by atoms with Crippen molar-refractivity contribution in [2.75, 3.05) is 0 Å². The topological polar surface area (TPSA) is 20.2 Å². The zero-order valence-electron chi connectivity index (χ0n) is 6.89. The highest BCUT2D eigenvalue weighted by Gasteiger charge is 2.21. The van der Waals surface area contributed by atoms with Gasteiger partial charge in [-0.15, -0.1) is 0 Å². The molecule has 2 radical (unpaired) electrons. The van der Waals surface area contributed by atoms with Gasteiger partial charge in [0.05, 0.1) is 5.60 Å². The first-order chi connectivity index (χ1) is 4.51. The molecular formula is C8H11ClMgO. The normalized spacial score (nSPS) is 30.2. The van der Waals surface area contributed by atoms with E-state index >= 15 is 0 Å². The summed E-state index contributed by atoms with van der Waals surface area (Å²) in [6.45, 7) is 3.70. The molecule has 0 aromatic heterocycles. The largest absolute Gasteiger partial charge is 0.386 e.